The van der Waals surface area contributed by atoms with Crippen molar-refractivity contribution in [2.45, 2.75) is 57.8 Å². The van der Waals surface area contributed by atoms with Crippen LogP contribution in [0.25, 0.3) is 0 Å². The number of unbranched alkanes of at least 4 members (excludes halogenated alkanes) is 3. The highest BCUT2D eigenvalue weighted by molar-refractivity contribution is 5.76. The minimum atomic E-state index is 0.294. The van der Waals surface area contributed by atoms with E-state index in [0.29, 0.717) is 12.5 Å². The zero-order valence-electron chi connectivity index (χ0n) is 10.3. The van der Waals surface area contributed by atoms with E-state index in [1.165, 1.54) is 19.3 Å². The molecule has 3 nitrogen and oxygen atoms in total. The van der Waals surface area contributed by atoms with Crippen LogP contribution in [0.4, 0.5) is 0 Å². The summed E-state index contributed by atoms with van der Waals surface area (Å²) in [7, 11) is 0. The van der Waals surface area contributed by atoms with E-state index in [1.54, 1.807) is 0 Å². The molecule has 0 spiro atoms. The number of rotatable bonds is 6. The predicted octanol–water partition coefficient (Wildman–Crippen LogP) is 2.33. The molecule has 1 amide bonds. The minimum absolute atomic E-state index is 0.294. The molecule has 0 unspecified atom stereocenters. The second kappa shape index (κ2) is 8.57. The molecule has 1 rings (SSSR count). The first-order chi connectivity index (χ1) is 7.84. The fourth-order valence-electron chi connectivity index (χ4n) is 2.22. The molecule has 0 atom stereocenters. The van der Waals surface area contributed by atoms with Crippen molar-refractivity contribution in [3.8, 4) is 0 Å². The van der Waals surface area contributed by atoms with Gasteiger partial charge >= 0.3 is 0 Å². The Hall–Kier alpha value is -0.570. The van der Waals surface area contributed by atoms with Gasteiger partial charge in [-0.15, -0.1) is 0 Å². The van der Waals surface area contributed by atoms with Crippen molar-refractivity contribution in [2.24, 2.45) is 0 Å². The van der Waals surface area contributed by atoms with E-state index < -0.39 is 0 Å². The molecule has 1 N–H and O–H groups in total. The highest BCUT2D eigenvalue weighted by atomic mass is 16.2. The molecule has 94 valence electrons. The Kier molecular flexibility index (Phi) is 7.23. The molecular formula is C13H25NO2. The van der Waals surface area contributed by atoms with Gasteiger partial charge < -0.3 is 10.0 Å². The summed E-state index contributed by atoms with van der Waals surface area (Å²) in [5.74, 6) is 0.349. The van der Waals surface area contributed by atoms with Gasteiger partial charge in [-0.1, -0.05) is 25.7 Å². The Bertz CT molecular complexity index is 194. The van der Waals surface area contributed by atoms with E-state index in [2.05, 4.69) is 0 Å². The average molecular weight is 227 g/mol. The van der Waals surface area contributed by atoms with Crippen LogP contribution in [0.2, 0.25) is 0 Å². The zero-order chi connectivity index (χ0) is 11.6. The average Bonchev–Trinajstić information content (AvgIpc) is 2.27. The molecule has 16 heavy (non-hydrogen) atoms. The van der Waals surface area contributed by atoms with Crippen LogP contribution in [0.5, 0.6) is 0 Å². The van der Waals surface area contributed by atoms with E-state index in [0.717, 1.165) is 51.6 Å². The largest absolute Gasteiger partial charge is 0.396 e. The van der Waals surface area contributed by atoms with Gasteiger partial charge in [-0.2, -0.15) is 0 Å². The third-order valence-electron chi connectivity index (χ3n) is 3.26. The van der Waals surface area contributed by atoms with E-state index in [9.17, 15) is 4.79 Å². The van der Waals surface area contributed by atoms with Crippen molar-refractivity contribution < 1.29 is 9.90 Å². The van der Waals surface area contributed by atoms with Crippen molar-refractivity contribution in [3.63, 3.8) is 0 Å². The van der Waals surface area contributed by atoms with Gasteiger partial charge in [0.15, 0.2) is 0 Å². The molecular weight excluding hydrogens is 202 g/mol. The van der Waals surface area contributed by atoms with Crippen LogP contribution in [0.1, 0.15) is 57.8 Å². The molecule has 3 heteroatoms. The van der Waals surface area contributed by atoms with E-state index >= 15 is 0 Å². The molecule has 0 aromatic heterocycles. The molecule has 0 bridgehead atoms. The molecule has 1 heterocycles. The first-order valence-electron chi connectivity index (χ1n) is 6.73. The molecule has 0 saturated carbocycles. The van der Waals surface area contributed by atoms with Crippen LogP contribution in [-0.4, -0.2) is 35.6 Å². The summed E-state index contributed by atoms with van der Waals surface area (Å²) in [5, 5.41) is 8.66. The van der Waals surface area contributed by atoms with Gasteiger partial charge in [-0.05, 0) is 25.7 Å². The van der Waals surface area contributed by atoms with Crippen molar-refractivity contribution >= 4 is 5.91 Å². The van der Waals surface area contributed by atoms with Gasteiger partial charge in [-0.25, -0.2) is 0 Å². The monoisotopic (exact) mass is 227 g/mol. The van der Waals surface area contributed by atoms with Crippen LogP contribution in [0.3, 0.4) is 0 Å². The number of amides is 1. The van der Waals surface area contributed by atoms with Crippen LogP contribution in [-0.2, 0) is 4.79 Å². The molecule has 0 aliphatic carbocycles. The van der Waals surface area contributed by atoms with Crippen LogP contribution < -0.4 is 0 Å². The normalized spacial score (nSPS) is 18.3. The van der Waals surface area contributed by atoms with Gasteiger partial charge in [0.05, 0.1) is 0 Å². The summed E-state index contributed by atoms with van der Waals surface area (Å²) in [4.78, 5) is 13.8. The maximum Gasteiger partial charge on any atom is 0.222 e. The maximum absolute atomic E-state index is 11.8. The van der Waals surface area contributed by atoms with Crippen molar-refractivity contribution in [3.05, 3.63) is 0 Å². The fraction of sp³-hybridized carbons (Fsp3) is 0.923. The van der Waals surface area contributed by atoms with Crippen molar-refractivity contribution in [1.82, 2.24) is 4.90 Å². The Morgan fingerprint density at radius 3 is 2.56 bits per heavy atom. The van der Waals surface area contributed by atoms with Crippen LogP contribution in [0, 0.1) is 0 Å². The maximum atomic E-state index is 11.8. The number of carbonyl (C=O) groups excluding carboxylic acids is 1. The van der Waals surface area contributed by atoms with Crippen molar-refractivity contribution in [2.75, 3.05) is 19.7 Å². The second-order valence-electron chi connectivity index (χ2n) is 4.68. The molecule has 0 aromatic rings. The van der Waals surface area contributed by atoms with Crippen molar-refractivity contribution in [1.29, 1.82) is 0 Å². The SMILES string of the molecule is O=C1CCCCCCN1CCCCCCO. The van der Waals surface area contributed by atoms with Gasteiger partial charge in [0.2, 0.25) is 5.91 Å². The Morgan fingerprint density at radius 2 is 1.75 bits per heavy atom. The first kappa shape index (κ1) is 13.5. The fourth-order valence-corrected chi connectivity index (χ4v) is 2.22. The molecule has 1 aliphatic rings. The molecule has 1 saturated heterocycles. The molecule has 1 fully saturated rings. The Balaban J connectivity index is 2.14. The zero-order valence-corrected chi connectivity index (χ0v) is 10.3. The minimum Gasteiger partial charge on any atom is -0.396 e. The van der Waals surface area contributed by atoms with Gasteiger partial charge in [0.1, 0.15) is 0 Å². The lowest BCUT2D eigenvalue weighted by Crippen LogP contribution is -2.33. The number of carbonyl (C=O) groups is 1. The lowest BCUT2D eigenvalue weighted by atomic mass is 10.1. The number of hydrogen-bond donors (Lipinski definition) is 1. The first-order valence-corrected chi connectivity index (χ1v) is 6.73. The van der Waals surface area contributed by atoms with Crippen LogP contribution in [0.15, 0.2) is 0 Å². The van der Waals surface area contributed by atoms with E-state index in [-0.39, 0.29) is 0 Å². The standard InChI is InChI=1S/C13H25NO2/c15-12-8-4-3-7-11-14-10-6-2-1-5-9-13(14)16/h15H,1-12H2. The molecule has 0 radical (unpaired) electrons. The van der Waals surface area contributed by atoms with Crippen LogP contribution >= 0.6 is 0 Å². The number of likely N-dealkylation sites (tertiary alicyclic amines) is 1. The number of hydrogen-bond acceptors (Lipinski definition) is 2. The van der Waals surface area contributed by atoms with Gasteiger partial charge in [0, 0.05) is 26.1 Å². The smallest absolute Gasteiger partial charge is 0.222 e. The summed E-state index contributed by atoms with van der Waals surface area (Å²) in [6, 6.07) is 0. The lowest BCUT2D eigenvalue weighted by Gasteiger charge is -2.24. The summed E-state index contributed by atoms with van der Waals surface area (Å²) in [6.07, 6.45) is 9.67. The summed E-state index contributed by atoms with van der Waals surface area (Å²) >= 11 is 0. The van der Waals surface area contributed by atoms with Gasteiger partial charge in [0.25, 0.3) is 0 Å². The summed E-state index contributed by atoms with van der Waals surface area (Å²) < 4.78 is 0. The third kappa shape index (κ3) is 5.50. The molecule has 1 aliphatic heterocycles. The number of aliphatic hydroxyl groups is 1. The Labute approximate surface area is 98.8 Å². The van der Waals surface area contributed by atoms with E-state index in [4.69, 9.17) is 5.11 Å². The molecule has 0 aromatic carbocycles. The number of nitrogens with zero attached hydrogens (tertiary/aromatic N) is 1. The topological polar surface area (TPSA) is 40.5 Å². The summed E-state index contributed by atoms with van der Waals surface area (Å²) in [5.41, 5.74) is 0. The quantitative estimate of drug-likeness (QED) is 0.707. The Morgan fingerprint density at radius 1 is 1.00 bits per heavy atom. The predicted molar refractivity (Wildman–Crippen MR) is 65.2 cm³/mol. The highest BCUT2D eigenvalue weighted by Gasteiger charge is 2.14. The number of aliphatic hydroxyl groups excluding tert-OH is 1. The van der Waals surface area contributed by atoms with E-state index in [1.807, 2.05) is 4.90 Å². The lowest BCUT2D eigenvalue weighted by molar-refractivity contribution is -0.131. The third-order valence-corrected chi connectivity index (χ3v) is 3.26. The summed E-state index contributed by atoms with van der Waals surface area (Å²) in [6.45, 7) is 2.17. The second-order valence-corrected chi connectivity index (χ2v) is 4.68. The van der Waals surface area contributed by atoms with Gasteiger partial charge in [-0.3, -0.25) is 4.79 Å². The highest BCUT2D eigenvalue weighted by Crippen LogP contribution is 2.12.